The standard InChI is InChI=1S/C12H11F3N4/c13-12(14,15)9-5-2-1-4-8(9)10(19-16)11-17-6-3-7-18-11/h1-7,10,19H,16H2. The van der Waals surface area contributed by atoms with Crippen LogP contribution in [0.3, 0.4) is 0 Å². The molecule has 3 N–H and O–H groups in total. The van der Waals surface area contributed by atoms with Gasteiger partial charge < -0.3 is 0 Å². The lowest BCUT2D eigenvalue weighted by Crippen LogP contribution is -2.31. The van der Waals surface area contributed by atoms with Gasteiger partial charge in [0.15, 0.2) is 5.82 Å². The van der Waals surface area contributed by atoms with Crippen LogP contribution in [-0.2, 0) is 6.18 Å². The van der Waals surface area contributed by atoms with Gasteiger partial charge in [0.2, 0.25) is 0 Å². The van der Waals surface area contributed by atoms with E-state index in [2.05, 4.69) is 15.4 Å². The summed E-state index contributed by atoms with van der Waals surface area (Å²) in [6.45, 7) is 0. The summed E-state index contributed by atoms with van der Waals surface area (Å²) in [4.78, 5) is 7.86. The first-order chi connectivity index (χ1) is 9.04. The van der Waals surface area contributed by atoms with Crippen LogP contribution in [0.25, 0.3) is 0 Å². The van der Waals surface area contributed by atoms with Crippen LogP contribution in [0.5, 0.6) is 0 Å². The number of nitrogens with one attached hydrogen (secondary N) is 1. The summed E-state index contributed by atoms with van der Waals surface area (Å²) in [7, 11) is 0. The second-order valence-electron chi connectivity index (χ2n) is 3.79. The minimum absolute atomic E-state index is 0.0105. The predicted octanol–water partition coefficient (Wildman–Crippen LogP) is 2.05. The Kier molecular flexibility index (Phi) is 3.77. The van der Waals surface area contributed by atoms with Crippen molar-refractivity contribution in [1.29, 1.82) is 0 Å². The van der Waals surface area contributed by atoms with Crippen molar-refractivity contribution < 1.29 is 13.2 Å². The zero-order valence-electron chi connectivity index (χ0n) is 9.72. The summed E-state index contributed by atoms with van der Waals surface area (Å²) in [6, 6.07) is 5.85. The van der Waals surface area contributed by atoms with E-state index in [-0.39, 0.29) is 11.4 Å². The van der Waals surface area contributed by atoms with E-state index in [1.165, 1.54) is 30.6 Å². The molecule has 19 heavy (non-hydrogen) atoms. The van der Waals surface area contributed by atoms with E-state index >= 15 is 0 Å². The van der Waals surface area contributed by atoms with Crippen LogP contribution >= 0.6 is 0 Å². The normalized spacial score (nSPS) is 13.3. The van der Waals surface area contributed by atoms with Crippen LogP contribution in [-0.4, -0.2) is 9.97 Å². The molecule has 1 heterocycles. The second-order valence-corrected chi connectivity index (χ2v) is 3.79. The van der Waals surface area contributed by atoms with Gasteiger partial charge in [0.25, 0.3) is 0 Å². The SMILES string of the molecule is NNC(c1ncccn1)c1ccccc1C(F)(F)F. The predicted molar refractivity (Wildman–Crippen MR) is 62.6 cm³/mol. The first kappa shape index (κ1) is 13.4. The number of nitrogens with two attached hydrogens (primary N) is 1. The van der Waals surface area contributed by atoms with Crippen molar-refractivity contribution in [2.75, 3.05) is 0 Å². The third kappa shape index (κ3) is 2.88. The van der Waals surface area contributed by atoms with Gasteiger partial charge in [-0.05, 0) is 17.7 Å². The Morgan fingerprint density at radius 2 is 1.68 bits per heavy atom. The topological polar surface area (TPSA) is 63.8 Å². The van der Waals surface area contributed by atoms with Crippen molar-refractivity contribution in [3.8, 4) is 0 Å². The summed E-state index contributed by atoms with van der Waals surface area (Å²) in [5.74, 6) is 5.53. The number of hydrogen-bond acceptors (Lipinski definition) is 4. The Hall–Kier alpha value is -1.99. The molecule has 0 aliphatic heterocycles. The van der Waals surface area contributed by atoms with Crippen molar-refractivity contribution >= 4 is 0 Å². The van der Waals surface area contributed by atoms with E-state index in [0.717, 1.165) is 6.07 Å². The molecular weight excluding hydrogens is 257 g/mol. The zero-order chi connectivity index (χ0) is 13.9. The van der Waals surface area contributed by atoms with Gasteiger partial charge in [-0.2, -0.15) is 13.2 Å². The fraction of sp³-hybridized carbons (Fsp3) is 0.167. The number of hydrazine groups is 1. The maximum Gasteiger partial charge on any atom is 0.416 e. The van der Waals surface area contributed by atoms with Crippen LogP contribution in [0, 0.1) is 0 Å². The molecule has 1 aromatic carbocycles. The van der Waals surface area contributed by atoms with Gasteiger partial charge in [-0.3, -0.25) is 5.84 Å². The third-order valence-electron chi connectivity index (χ3n) is 2.59. The van der Waals surface area contributed by atoms with Gasteiger partial charge in [0.1, 0.15) is 6.04 Å². The zero-order valence-corrected chi connectivity index (χ0v) is 9.72. The summed E-state index contributed by atoms with van der Waals surface area (Å²) in [6.07, 6.45) is -1.56. The first-order valence-electron chi connectivity index (χ1n) is 5.43. The average Bonchev–Trinajstić information content (AvgIpc) is 2.40. The second kappa shape index (κ2) is 5.33. The van der Waals surface area contributed by atoms with E-state index in [4.69, 9.17) is 5.84 Å². The highest BCUT2D eigenvalue weighted by molar-refractivity contribution is 5.35. The molecule has 0 saturated carbocycles. The van der Waals surface area contributed by atoms with E-state index in [1.807, 2.05) is 0 Å². The molecule has 0 saturated heterocycles. The molecule has 1 aromatic heterocycles. The number of halogens is 3. The highest BCUT2D eigenvalue weighted by Gasteiger charge is 2.35. The van der Waals surface area contributed by atoms with Crippen LogP contribution in [0.2, 0.25) is 0 Å². The Labute approximate surface area is 107 Å². The van der Waals surface area contributed by atoms with Crippen molar-refractivity contribution in [1.82, 2.24) is 15.4 Å². The van der Waals surface area contributed by atoms with Crippen LogP contribution < -0.4 is 11.3 Å². The highest BCUT2D eigenvalue weighted by Crippen LogP contribution is 2.35. The number of rotatable bonds is 3. The molecular formula is C12H11F3N4. The average molecular weight is 268 g/mol. The number of nitrogens with zero attached hydrogens (tertiary/aromatic N) is 2. The number of aromatic nitrogens is 2. The highest BCUT2D eigenvalue weighted by atomic mass is 19.4. The van der Waals surface area contributed by atoms with Gasteiger partial charge in [0, 0.05) is 12.4 Å². The Morgan fingerprint density at radius 3 is 2.26 bits per heavy atom. The van der Waals surface area contributed by atoms with E-state index < -0.39 is 17.8 Å². The fourth-order valence-corrected chi connectivity index (χ4v) is 1.77. The fourth-order valence-electron chi connectivity index (χ4n) is 1.77. The van der Waals surface area contributed by atoms with Crippen molar-refractivity contribution in [3.63, 3.8) is 0 Å². The quantitative estimate of drug-likeness (QED) is 0.660. The molecule has 0 amide bonds. The lowest BCUT2D eigenvalue weighted by molar-refractivity contribution is -0.138. The number of hydrogen-bond donors (Lipinski definition) is 2. The first-order valence-corrected chi connectivity index (χ1v) is 5.43. The minimum Gasteiger partial charge on any atom is -0.270 e. The van der Waals surface area contributed by atoms with E-state index in [1.54, 1.807) is 6.07 Å². The Morgan fingerprint density at radius 1 is 1.05 bits per heavy atom. The molecule has 100 valence electrons. The van der Waals surface area contributed by atoms with Gasteiger partial charge >= 0.3 is 6.18 Å². The van der Waals surface area contributed by atoms with Crippen molar-refractivity contribution in [2.45, 2.75) is 12.2 Å². The van der Waals surface area contributed by atoms with E-state index in [9.17, 15) is 13.2 Å². The summed E-state index contributed by atoms with van der Waals surface area (Å²) < 4.78 is 38.9. The lowest BCUT2D eigenvalue weighted by Gasteiger charge is -2.19. The lowest BCUT2D eigenvalue weighted by atomic mass is 9.99. The minimum atomic E-state index is -4.46. The van der Waals surface area contributed by atoms with E-state index in [0.29, 0.717) is 0 Å². The van der Waals surface area contributed by atoms with Gasteiger partial charge in [0.05, 0.1) is 5.56 Å². The maximum atomic E-state index is 13.0. The molecule has 0 aliphatic rings. The van der Waals surface area contributed by atoms with Crippen LogP contribution in [0.15, 0.2) is 42.7 Å². The van der Waals surface area contributed by atoms with Gasteiger partial charge in [-0.15, -0.1) is 0 Å². The van der Waals surface area contributed by atoms with Gasteiger partial charge in [-0.25, -0.2) is 15.4 Å². The summed E-state index contributed by atoms with van der Waals surface area (Å²) in [5.41, 5.74) is 1.55. The maximum absolute atomic E-state index is 13.0. The molecule has 0 spiro atoms. The molecule has 2 aromatic rings. The smallest absolute Gasteiger partial charge is 0.270 e. The van der Waals surface area contributed by atoms with Crippen LogP contribution in [0.4, 0.5) is 13.2 Å². The van der Waals surface area contributed by atoms with Crippen molar-refractivity contribution in [2.24, 2.45) is 5.84 Å². The molecule has 7 heteroatoms. The molecule has 0 aliphatic carbocycles. The molecule has 4 nitrogen and oxygen atoms in total. The Balaban J connectivity index is 2.51. The molecule has 0 bridgehead atoms. The number of benzene rings is 1. The third-order valence-corrected chi connectivity index (χ3v) is 2.59. The molecule has 1 atom stereocenters. The van der Waals surface area contributed by atoms with Crippen LogP contribution in [0.1, 0.15) is 23.0 Å². The molecule has 1 unspecified atom stereocenters. The monoisotopic (exact) mass is 268 g/mol. The number of alkyl halides is 3. The summed E-state index contributed by atoms with van der Waals surface area (Å²) >= 11 is 0. The van der Waals surface area contributed by atoms with Crippen molar-refractivity contribution in [3.05, 3.63) is 59.7 Å². The largest absolute Gasteiger partial charge is 0.416 e. The Bertz CT molecular complexity index is 542. The summed E-state index contributed by atoms with van der Waals surface area (Å²) in [5, 5.41) is 0. The molecule has 0 fully saturated rings. The molecule has 2 rings (SSSR count). The van der Waals surface area contributed by atoms with Gasteiger partial charge in [-0.1, -0.05) is 18.2 Å². The molecule has 0 radical (unpaired) electrons.